The smallest absolute Gasteiger partial charge is 0.214 e. The number of hydrogen-bond donors (Lipinski definition) is 1. The molecule has 1 atom stereocenters. The molecule has 1 fully saturated rings. The summed E-state index contributed by atoms with van der Waals surface area (Å²) in [5, 5.41) is 0.279. The summed E-state index contributed by atoms with van der Waals surface area (Å²) in [6, 6.07) is 0. The lowest BCUT2D eigenvalue weighted by Crippen LogP contribution is -2.32. The molecule has 1 aliphatic rings. The number of nitrogens with one attached hydrogen (secondary N) is 1. The Morgan fingerprint density at radius 3 is 2.86 bits per heavy atom. The van der Waals surface area contributed by atoms with Crippen molar-refractivity contribution < 1.29 is 13.2 Å². The zero-order chi connectivity index (χ0) is 10.6. The van der Waals surface area contributed by atoms with Gasteiger partial charge in [0.1, 0.15) is 0 Å². The number of halogens is 1. The second-order valence-corrected chi connectivity index (χ2v) is 5.64. The summed E-state index contributed by atoms with van der Waals surface area (Å²) in [6.45, 7) is 4.13. The Hall–Kier alpha value is -0.100. The summed E-state index contributed by atoms with van der Waals surface area (Å²) in [7, 11) is -3.28. The third kappa shape index (κ3) is 4.41. The molecular formula is C8H14ClNO3S. The van der Waals surface area contributed by atoms with Crippen molar-refractivity contribution in [2.75, 3.05) is 18.9 Å². The highest BCUT2D eigenvalue weighted by Gasteiger charge is 2.22. The molecule has 6 heteroatoms. The average Bonchev–Trinajstić information content (AvgIpc) is 2.53. The normalized spacial score (nSPS) is 22.5. The molecule has 82 valence electrons. The van der Waals surface area contributed by atoms with Gasteiger partial charge in [-0.05, 0) is 12.8 Å². The monoisotopic (exact) mass is 239 g/mol. The highest BCUT2D eigenvalue weighted by molar-refractivity contribution is 7.89. The van der Waals surface area contributed by atoms with Crippen molar-refractivity contribution in [1.82, 2.24) is 4.72 Å². The molecule has 0 aliphatic carbocycles. The lowest BCUT2D eigenvalue weighted by atomic mass is 10.3. The molecule has 0 aromatic carbocycles. The summed E-state index contributed by atoms with van der Waals surface area (Å²) in [5.41, 5.74) is 0. The summed E-state index contributed by atoms with van der Waals surface area (Å²) in [5.74, 6) is 0.0111. The van der Waals surface area contributed by atoms with Gasteiger partial charge in [-0.3, -0.25) is 0 Å². The minimum atomic E-state index is -3.28. The maximum absolute atomic E-state index is 11.4. The van der Waals surface area contributed by atoms with Crippen molar-refractivity contribution in [2.24, 2.45) is 0 Å². The topological polar surface area (TPSA) is 55.4 Å². The maximum atomic E-state index is 11.4. The molecular weight excluding hydrogens is 226 g/mol. The van der Waals surface area contributed by atoms with E-state index in [1.54, 1.807) is 0 Å². The molecule has 0 aromatic rings. The largest absolute Gasteiger partial charge is 0.377 e. The summed E-state index contributed by atoms with van der Waals surface area (Å²) in [6.07, 6.45) is 1.57. The molecule has 0 saturated carbocycles. The summed E-state index contributed by atoms with van der Waals surface area (Å²) >= 11 is 5.45. The standard InChI is InChI=1S/C8H14ClNO3S/c1-7(9)5-10-14(11,12)6-8-3-2-4-13-8/h8,10H,1-6H2. The zero-order valence-corrected chi connectivity index (χ0v) is 9.40. The molecule has 1 saturated heterocycles. The van der Waals surface area contributed by atoms with Gasteiger partial charge < -0.3 is 4.74 Å². The Balaban J connectivity index is 2.36. The van der Waals surface area contributed by atoms with Crippen molar-refractivity contribution in [1.29, 1.82) is 0 Å². The van der Waals surface area contributed by atoms with Crippen LogP contribution in [0.4, 0.5) is 0 Å². The van der Waals surface area contributed by atoms with Gasteiger partial charge in [0.2, 0.25) is 10.0 Å². The van der Waals surface area contributed by atoms with Crippen LogP contribution in [0.2, 0.25) is 0 Å². The van der Waals surface area contributed by atoms with E-state index in [-0.39, 0.29) is 23.4 Å². The molecule has 1 unspecified atom stereocenters. The molecule has 1 rings (SSSR count). The first kappa shape index (κ1) is 12.0. The minimum absolute atomic E-state index is 0.0111. The molecule has 1 aliphatic heterocycles. The van der Waals surface area contributed by atoms with E-state index in [0.717, 1.165) is 12.8 Å². The fraction of sp³-hybridized carbons (Fsp3) is 0.750. The van der Waals surface area contributed by atoms with Crippen LogP contribution in [-0.4, -0.2) is 33.4 Å². The fourth-order valence-electron chi connectivity index (χ4n) is 1.27. The van der Waals surface area contributed by atoms with Gasteiger partial charge in [-0.2, -0.15) is 0 Å². The van der Waals surface area contributed by atoms with Crippen molar-refractivity contribution in [3.05, 3.63) is 11.6 Å². The quantitative estimate of drug-likeness (QED) is 0.774. The van der Waals surface area contributed by atoms with E-state index in [4.69, 9.17) is 16.3 Å². The van der Waals surface area contributed by atoms with E-state index < -0.39 is 10.0 Å². The van der Waals surface area contributed by atoms with Gasteiger partial charge in [-0.15, -0.1) is 0 Å². The SMILES string of the molecule is C=C(Cl)CNS(=O)(=O)CC1CCCO1. The molecule has 0 bridgehead atoms. The predicted molar refractivity (Wildman–Crippen MR) is 55.8 cm³/mol. The molecule has 0 radical (unpaired) electrons. The Morgan fingerprint density at radius 2 is 2.36 bits per heavy atom. The van der Waals surface area contributed by atoms with E-state index in [0.29, 0.717) is 6.61 Å². The molecule has 0 aromatic heterocycles. The van der Waals surface area contributed by atoms with Crippen LogP contribution < -0.4 is 4.72 Å². The molecule has 1 N–H and O–H groups in total. The Bertz CT molecular complexity index is 296. The van der Waals surface area contributed by atoms with Gasteiger partial charge in [0.05, 0.1) is 11.9 Å². The van der Waals surface area contributed by atoms with E-state index in [1.165, 1.54) is 0 Å². The lowest BCUT2D eigenvalue weighted by molar-refractivity contribution is 0.127. The first-order chi connectivity index (χ1) is 6.49. The van der Waals surface area contributed by atoms with Crippen molar-refractivity contribution in [2.45, 2.75) is 18.9 Å². The first-order valence-corrected chi connectivity index (χ1v) is 6.45. The third-order valence-corrected chi connectivity index (χ3v) is 3.44. The average molecular weight is 240 g/mol. The second-order valence-electron chi connectivity index (χ2n) is 3.25. The van der Waals surface area contributed by atoms with Crippen molar-refractivity contribution >= 4 is 21.6 Å². The highest BCUT2D eigenvalue weighted by Crippen LogP contribution is 2.13. The lowest BCUT2D eigenvalue weighted by Gasteiger charge is -2.10. The minimum Gasteiger partial charge on any atom is -0.377 e. The molecule has 14 heavy (non-hydrogen) atoms. The number of hydrogen-bond acceptors (Lipinski definition) is 3. The fourth-order valence-corrected chi connectivity index (χ4v) is 2.68. The molecule has 0 amide bonds. The van der Waals surface area contributed by atoms with Crippen LogP contribution >= 0.6 is 11.6 Å². The van der Waals surface area contributed by atoms with Crippen molar-refractivity contribution in [3.8, 4) is 0 Å². The maximum Gasteiger partial charge on any atom is 0.214 e. The van der Waals surface area contributed by atoms with Crippen LogP contribution in [-0.2, 0) is 14.8 Å². The molecule has 4 nitrogen and oxygen atoms in total. The predicted octanol–water partition coefficient (Wildman–Crippen LogP) is 0.837. The third-order valence-electron chi connectivity index (χ3n) is 1.91. The van der Waals surface area contributed by atoms with Gasteiger partial charge in [-0.1, -0.05) is 18.2 Å². The van der Waals surface area contributed by atoms with Gasteiger partial charge in [0, 0.05) is 18.2 Å². The Morgan fingerprint density at radius 1 is 1.64 bits per heavy atom. The van der Waals surface area contributed by atoms with Gasteiger partial charge in [0.25, 0.3) is 0 Å². The van der Waals surface area contributed by atoms with Crippen LogP contribution in [0, 0.1) is 0 Å². The highest BCUT2D eigenvalue weighted by atomic mass is 35.5. The van der Waals surface area contributed by atoms with Crippen LogP contribution in [0.3, 0.4) is 0 Å². The van der Waals surface area contributed by atoms with Gasteiger partial charge in [-0.25, -0.2) is 13.1 Å². The summed E-state index contributed by atoms with van der Waals surface area (Å²) < 4.78 is 30.4. The van der Waals surface area contributed by atoms with E-state index >= 15 is 0 Å². The van der Waals surface area contributed by atoms with Crippen LogP contribution in [0.5, 0.6) is 0 Å². The van der Waals surface area contributed by atoms with E-state index in [2.05, 4.69) is 11.3 Å². The number of rotatable bonds is 5. The van der Waals surface area contributed by atoms with Crippen molar-refractivity contribution in [3.63, 3.8) is 0 Å². The van der Waals surface area contributed by atoms with Gasteiger partial charge >= 0.3 is 0 Å². The van der Waals surface area contributed by atoms with Gasteiger partial charge in [0.15, 0.2) is 0 Å². The van der Waals surface area contributed by atoms with Crippen LogP contribution in [0.25, 0.3) is 0 Å². The second kappa shape index (κ2) is 5.11. The first-order valence-electron chi connectivity index (χ1n) is 4.42. The van der Waals surface area contributed by atoms with E-state index in [9.17, 15) is 8.42 Å². The Kier molecular flexibility index (Phi) is 4.37. The number of ether oxygens (including phenoxy) is 1. The van der Waals surface area contributed by atoms with E-state index in [1.807, 2.05) is 0 Å². The number of sulfonamides is 1. The summed E-state index contributed by atoms with van der Waals surface area (Å²) in [4.78, 5) is 0. The molecule has 1 heterocycles. The zero-order valence-electron chi connectivity index (χ0n) is 7.83. The Labute approximate surface area is 89.3 Å². The van der Waals surface area contributed by atoms with Crippen LogP contribution in [0.15, 0.2) is 11.6 Å². The molecule has 0 spiro atoms. The van der Waals surface area contributed by atoms with Crippen LogP contribution in [0.1, 0.15) is 12.8 Å².